The lowest BCUT2D eigenvalue weighted by Gasteiger charge is -2.38. The fraction of sp³-hybridized carbons (Fsp3) is 0.429. The first-order valence-corrected chi connectivity index (χ1v) is 9.24. The zero-order valence-electron chi connectivity index (χ0n) is 15.4. The molecular formula is C21H28BNO2. The second-order valence-corrected chi connectivity index (χ2v) is 7.14. The van der Waals surface area contributed by atoms with Crippen molar-refractivity contribution in [2.45, 2.75) is 44.4 Å². The molecule has 0 radical (unpaired) electrons. The van der Waals surface area contributed by atoms with Gasteiger partial charge in [0.25, 0.3) is 0 Å². The van der Waals surface area contributed by atoms with E-state index >= 15 is 0 Å². The predicted octanol–water partition coefficient (Wildman–Crippen LogP) is 2.13. The van der Waals surface area contributed by atoms with Crippen molar-refractivity contribution in [2.75, 3.05) is 13.1 Å². The molecule has 0 amide bonds. The lowest BCUT2D eigenvalue weighted by molar-refractivity contribution is -0.0702. The van der Waals surface area contributed by atoms with Crippen LogP contribution in [0.1, 0.15) is 34.6 Å². The zero-order chi connectivity index (χ0) is 17.8. The third kappa shape index (κ3) is 4.32. The van der Waals surface area contributed by atoms with E-state index < -0.39 is 0 Å². The van der Waals surface area contributed by atoms with Crippen LogP contribution in [0.4, 0.5) is 0 Å². The number of benzene rings is 2. The molecule has 2 N–H and O–H groups in total. The van der Waals surface area contributed by atoms with Gasteiger partial charge in [0, 0.05) is 12.3 Å². The van der Waals surface area contributed by atoms with Crippen molar-refractivity contribution < 1.29 is 9.84 Å². The van der Waals surface area contributed by atoms with Crippen LogP contribution in [0.15, 0.2) is 48.5 Å². The molecule has 2 aromatic carbocycles. The van der Waals surface area contributed by atoms with Gasteiger partial charge in [-0.3, -0.25) is 0 Å². The fourth-order valence-corrected chi connectivity index (χ4v) is 3.67. The lowest BCUT2D eigenvalue weighted by atomic mass is 9.82. The summed E-state index contributed by atoms with van der Waals surface area (Å²) < 4.78 is 6.22. The van der Waals surface area contributed by atoms with Gasteiger partial charge in [0.1, 0.15) is 7.85 Å². The molecule has 132 valence electrons. The summed E-state index contributed by atoms with van der Waals surface area (Å²) in [6.45, 7) is 4.76. The van der Waals surface area contributed by atoms with Crippen LogP contribution in [0, 0.1) is 13.8 Å². The second kappa shape index (κ2) is 8.18. The lowest BCUT2D eigenvalue weighted by Crippen LogP contribution is -2.51. The van der Waals surface area contributed by atoms with Gasteiger partial charge >= 0.3 is 0 Å². The van der Waals surface area contributed by atoms with Crippen molar-refractivity contribution in [1.82, 2.24) is 5.32 Å². The molecule has 1 aliphatic heterocycles. The highest BCUT2D eigenvalue weighted by Gasteiger charge is 2.35. The summed E-state index contributed by atoms with van der Waals surface area (Å²) in [6, 6.07) is 17.4. The minimum absolute atomic E-state index is 0.0182. The van der Waals surface area contributed by atoms with Crippen molar-refractivity contribution in [3.05, 3.63) is 70.8 Å². The summed E-state index contributed by atoms with van der Waals surface area (Å²) in [6.07, 6.45) is 1.09. The Balaban J connectivity index is 1.89. The molecule has 0 bridgehead atoms. The van der Waals surface area contributed by atoms with Gasteiger partial charge in [0.05, 0.1) is 24.9 Å². The first kappa shape index (κ1) is 18.2. The monoisotopic (exact) mass is 337 g/mol. The molecule has 0 aliphatic carbocycles. The molecule has 3 atom stereocenters. The molecule has 1 fully saturated rings. The summed E-state index contributed by atoms with van der Waals surface area (Å²) in [7, 11) is 2.06. The van der Waals surface area contributed by atoms with Gasteiger partial charge in [-0.25, -0.2) is 0 Å². The average Bonchev–Trinajstić information content (AvgIpc) is 2.61. The quantitative estimate of drug-likeness (QED) is 0.822. The van der Waals surface area contributed by atoms with Gasteiger partial charge in [0.2, 0.25) is 0 Å². The van der Waals surface area contributed by atoms with Gasteiger partial charge < -0.3 is 15.2 Å². The van der Waals surface area contributed by atoms with Gasteiger partial charge in [0.15, 0.2) is 0 Å². The van der Waals surface area contributed by atoms with Crippen LogP contribution in [0.5, 0.6) is 0 Å². The summed E-state index contributed by atoms with van der Waals surface area (Å²) in [5.41, 5.74) is 4.99. The zero-order valence-corrected chi connectivity index (χ0v) is 15.4. The molecular weight excluding hydrogens is 309 g/mol. The SMILES string of the molecule is BCN[C@@H]1CO[C@H](C(c2ccc(C)cc2)c2ccc(C)cc2)CC1O. The Morgan fingerprint density at radius 2 is 1.56 bits per heavy atom. The third-order valence-electron chi connectivity index (χ3n) is 5.14. The predicted molar refractivity (Wildman–Crippen MR) is 105 cm³/mol. The van der Waals surface area contributed by atoms with Crippen LogP contribution in [-0.2, 0) is 4.74 Å². The summed E-state index contributed by atoms with van der Waals surface area (Å²) >= 11 is 0. The van der Waals surface area contributed by atoms with Gasteiger partial charge in [-0.2, -0.15) is 0 Å². The number of ether oxygens (including phenoxy) is 1. The maximum Gasteiger partial charge on any atom is 0.119 e. The van der Waals surface area contributed by atoms with E-state index in [-0.39, 0.29) is 24.2 Å². The molecule has 1 heterocycles. The number of nitrogens with one attached hydrogen (secondary N) is 1. The summed E-state index contributed by atoms with van der Waals surface area (Å²) in [5.74, 6) is 0.137. The molecule has 25 heavy (non-hydrogen) atoms. The Morgan fingerprint density at radius 1 is 1.04 bits per heavy atom. The molecule has 0 aromatic heterocycles. The van der Waals surface area contributed by atoms with Crippen molar-refractivity contribution in [3.8, 4) is 0 Å². The normalized spacial score (nSPS) is 23.8. The van der Waals surface area contributed by atoms with Gasteiger partial charge in [-0.1, -0.05) is 59.7 Å². The highest BCUT2D eigenvalue weighted by atomic mass is 16.5. The number of hydrogen-bond acceptors (Lipinski definition) is 3. The van der Waals surface area contributed by atoms with E-state index in [2.05, 4.69) is 75.5 Å². The maximum atomic E-state index is 10.6. The number of aliphatic hydroxyl groups is 1. The number of aryl methyl sites for hydroxylation is 2. The largest absolute Gasteiger partial charge is 0.391 e. The maximum absolute atomic E-state index is 10.6. The number of rotatable bonds is 5. The Hall–Kier alpha value is -1.62. The molecule has 1 saturated heterocycles. The standard InChI is InChI=1S/C21H28BNO2/c1-14-3-7-16(8-4-14)21(17-9-5-15(2)6-10-17)20-11-19(24)18(12-25-20)23-13-22/h3-10,18-21,23-24H,11-13,22H2,1-2H3/t18-,19?,20+/m1/s1. The Kier molecular flexibility index (Phi) is 5.95. The Bertz CT molecular complexity index is 626. The topological polar surface area (TPSA) is 41.5 Å². The summed E-state index contributed by atoms with van der Waals surface area (Å²) in [5, 5.41) is 13.9. The second-order valence-electron chi connectivity index (χ2n) is 7.14. The van der Waals surface area contributed by atoms with E-state index in [0.29, 0.717) is 13.0 Å². The van der Waals surface area contributed by atoms with E-state index in [9.17, 15) is 5.11 Å². The van der Waals surface area contributed by atoms with E-state index in [0.717, 1.165) is 6.44 Å². The molecule has 0 spiro atoms. The molecule has 1 aliphatic rings. The molecule has 1 unspecified atom stereocenters. The molecule has 2 aromatic rings. The van der Waals surface area contributed by atoms with Crippen LogP contribution < -0.4 is 5.32 Å². The van der Waals surface area contributed by atoms with Crippen LogP contribution in [-0.4, -0.2) is 44.3 Å². The van der Waals surface area contributed by atoms with Crippen molar-refractivity contribution in [1.29, 1.82) is 0 Å². The first-order chi connectivity index (χ1) is 12.1. The first-order valence-electron chi connectivity index (χ1n) is 9.24. The summed E-state index contributed by atoms with van der Waals surface area (Å²) in [4.78, 5) is 0. The minimum Gasteiger partial charge on any atom is -0.391 e. The minimum atomic E-state index is -0.378. The molecule has 3 rings (SSSR count). The average molecular weight is 337 g/mol. The molecule has 3 nitrogen and oxygen atoms in total. The number of hydrogen-bond donors (Lipinski definition) is 2. The molecule has 0 saturated carbocycles. The fourth-order valence-electron chi connectivity index (χ4n) is 3.67. The van der Waals surface area contributed by atoms with Crippen LogP contribution in [0.25, 0.3) is 0 Å². The van der Waals surface area contributed by atoms with Crippen molar-refractivity contribution in [3.63, 3.8) is 0 Å². The van der Waals surface area contributed by atoms with Gasteiger partial charge in [-0.05, 0) is 31.4 Å². The third-order valence-corrected chi connectivity index (χ3v) is 5.14. The van der Waals surface area contributed by atoms with E-state index in [1.54, 1.807) is 0 Å². The smallest absolute Gasteiger partial charge is 0.119 e. The van der Waals surface area contributed by atoms with Crippen molar-refractivity contribution in [2.24, 2.45) is 0 Å². The van der Waals surface area contributed by atoms with E-state index in [4.69, 9.17) is 4.74 Å². The highest BCUT2D eigenvalue weighted by Crippen LogP contribution is 2.34. The van der Waals surface area contributed by atoms with E-state index in [1.165, 1.54) is 22.3 Å². The van der Waals surface area contributed by atoms with Crippen molar-refractivity contribution >= 4 is 7.85 Å². The van der Waals surface area contributed by atoms with Gasteiger partial charge in [-0.15, -0.1) is 0 Å². The van der Waals surface area contributed by atoms with E-state index in [1.807, 2.05) is 0 Å². The Labute approximate surface area is 151 Å². The van der Waals surface area contributed by atoms with Crippen LogP contribution in [0.3, 0.4) is 0 Å². The Morgan fingerprint density at radius 3 is 2.00 bits per heavy atom. The number of aliphatic hydroxyl groups excluding tert-OH is 1. The highest BCUT2D eigenvalue weighted by molar-refractivity contribution is 6.08. The molecule has 4 heteroatoms. The van der Waals surface area contributed by atoms with Crippen LogP contribution >= 0.6 is 0 Å². The van der Waals surface area contributed by atoms with Crippen LogP contribution in [0.2, 0.25) is 0 Å².